The van der Waals surface area contributed by atoms with E-state index in [2.05, 4.69) is 40.6 Å². The number of thioether (sulfide) groups is 1. The summed E-state index contributed by atoms with van der Waals surface area (Å²) in [6, 6.07) is 4.55. The van der Waals surface area contributed by atoms with Crippen molar-refractivity contribution in [1.82, 2.24) is 15.5 Å². The fourth-order valence-corrected chi connectivity index (χ4v) is 2.10. The van der Waals surface area contributed by atoms with E-state index in [0.717, 1.165) is 24.5 Å². The van der Waals surface area contributed by atoms with Gasteiger partial charge in [-0.3, -0.25) is 0 Å². The van der Waals surface area contributed by atoms with Crippen LogP contribution in [0.2, 0.25) is 0 Å². The molecule has 4 nitrogen and oxygen atoms in total. The summed E-state index contributed by atoms with van der Waals surface area (Å²) in [5.74, 6) is 2.12. The van der Waals surface area contributed by atoms with E-state index < -0.39 is 0 Å². The molecule has 0 amide bonds. The second-order valence-corrected chi connectivity index (χ2v) is 5.14. The summed E-state index contributed by atoms with van der Waals surface area (Å²) in [5.41, 5.74) is 0.974. The van der Waals surface area contributed by atoms with Crippen molar-refractivity contribution in [1.29, 1.82) is 0 Å². The molecule has 0 saturated carbocycles. The molecule has 1 N–H and O–H groups in total. The van der Waals surface area contributed by atoms with Gasteiger partial charge in [0.1, 0.15) is 0 Å². The highest BCUT2D eigenvalue weighted by molar-refractivity contribution is 7.98. The Morgan fingerprint density at radius 2 is 2.18 bits per heavy atom. The Bertz CT molecular complexity index is 315. The minimum absolute atomic E-state index is 0.493. The van der Waals surface area contributed by atoms with Gasteiger partial charge in [-0.2, -0.15) is 16.9 Å². The Balaban J connectivity index is 2.58. The molecular weight excluding hydrogens is 232 g/mol. The van der Waals surface area contributed by atoms with Crippen LogP contribution in [0, 0.1) is 0 Å². The van der Waals surface area contributed by atoms with E-state index >= 15 is 0 Å². The molecule has 0 saturated heterocycles. The molecule has 5 heteroatoms. The van der Waals surface area contributed by atoms with Crippen LogP contribution in [0.3, 0.4) is 0 Å². The monoisotopic (exact) mass is 254 g/mol. The second kappa shape index (κ2) is 7.50. The van der Waals surface area contributed by atoms with E-state index in [0.29, 0.717) is 6.04 Å². The van der Waals surface area contributed by atoms with Crippen molar-refractivity contribution >= 4 is 17.6 Å². The van der Waals surface area contributed by atoms with Crippen LogP contribution in [0.4, 0.5) is 5.82 Å². The molecule has 0 radical (unpaired) electrons. The van der Waals surface area contributed by atoms with E-state index in [1.54, 1.807) is 0 Å². The minimum Gasteiger partial charge on any atom is -0.355 e. The average Bonchev–Trinajstić information content (AvgIpc) is 2.36. The Morgan fingerprint density at radius 1 is 1.41 bits per heavy atom. The summed E-state index contributed by atoms with van der Waals surface area (Å²) in [7, 11) is 3.99. The van der Waals surface area contributed by atoms with Gasteiger partial charge in [-0.25, -0.2) is 0 Å². The van der Waals surface area contributed by atoms with Crippen LogP contribution in [0.1, 0.15) is 19.0 Å². The Hall–Kier alpha value is -0.810. The van der Waals surface area contributed by atoms with Gasteiger partial charge in [-0.15, -0.1) is 5.10 Å². The normalized spacial score (nSPS) is 12.5. The van der Waals surface area contributed by atoms with E-state index in [1.807, 2.05) is 30.9 Å². The molecule has 1 unspecified atom stereocenters. The molecule has 0 aliphatic carbocycles. The summed E-state index contributed by atoms with van der Waals surface area (Å²) < 4.78 is 0. The van der Waals surface area contributed by atoms with Crippen molar-refractivity contribution in [3.63, 3.8) is 0 Å². The number of hydrogen-bond donors (Lipinski definition) is 1. The van der Waals surface area contributed by atoms with E-state index in [-0.39, 0.29) is 0 Å². The van der Waals surface area contributed by atoms with Gasteiger partial charge in [0.2, 0.25) is 0 Å². The van der Waals surface area contributed by atoms with Gasteiger partial charge in [0.15, 0.2) is 5.82 Å². The highest BCUT2D eigenvalue weighted by atomic mass is 32.2. The maximum absolute atomic E-state index is 4.26. The smallest absolute Gasteiger partial charge is 0.151 e. The SMILES string of the molecule is CNCc1ccc(N(C)C(C)CCSC)nn1. The third-order valence-corrected chi connectivity index (χ3v) is 3.47. The lowest BCUT2D eigenvalue weighted by atomic mass is 10.2. The summed E-state index contributed by atoms with van der Waals surface area (Å²) in [5, 5.41) is 11.5. The number of anilines is 1. The first-order valence-electron chi connectivity index (χ1n) is 5.88. The van der Waals surface area contributed by atoms with Crippen LogP contribution in [-0.4, -0.2) is 42.3 Å². The molecule has 1 rings (SSSR count). The number of hydrogen-bond acceptors (Lipinski definition) is 5. The summed E-state index contributed by atoms with van der Waals surface area (Å²) >= 11 is 1.88. The van der Waals surface area contributed by atoms with Gasteiger partial charge in [0, 0.05) is 19.6 Å². The zero-order valence-corrected chi connectivity index (χ0v) is 11.9. The van der Waals surface area contributed by atoms with Crippen LogP contribution < -0.4 is 10.2 Å². The largest absolute Gasteiger partial charge is 0.355 e. The van der Waals surface area contributed by atoms with Crippen molar-refractivity contribution < 1.29 is 0 Å². The Labute approximate surface area is 108 Å². The molecule has 0 bridgehead atoms. The van der Waals surface area contributed by atoms with Crippen LogP contribution >= 0.6 is 11.8 Å². The predicted octanol–water partition coefficient (Wildman–Crippen LogP) is 1.77. The van der Waals surface area contributed by atoms with Crippen molar-refractivity contribution in [2.24, 2.45) is 0 Å². The molecule has 0 aliphatic heterocycles. The number of nitrogens with zero attached hydrogens (tertiary/aromatic N) is 3. The van der Waals surface area contributed by atoms with E-state index in [1.165, 1.54) is 5.75 Å². The van der Waals surface area contributed by atoms with Crippen LogP contribution in [0.15, 0.2) is 12.1 Å². The third-order valence-electron chi connectivity index (χ3n) is 2.83. The number of nitrogens with one attached hydrogen (secondary N) is 1. The van der Waals surface area contributed by atoms with Gasteiger partial charge in [0.05, 0.1) is 5.69 Å². The molecular formula is C12H22N4S. The summed E-state index contributed by atoms with van der Waals surface area (Å²) in [4.78, 5) is 2.19. The van der Waals surface area contributed by atoms with Gasteiger partial charge in [0.25, 0.3) is 0 Å². The van der Waals surface area contributed by atoms with Gasteiger partial charge in [-0.1, -0.05) is 0 Å². The summed E-state index contributed by atoms with van der Waals surface area (Å²) in [6.45, 7) is 2.98. The van der Waals surface area contributed by atoms with Gasteiger partial charge < -0.3 is 10.2 Å². The third kappa shape index (κ3) is 4.52. The fourth-order valence-electron chi connectivity index (χ4n) is 1.52. The lowest BCUT2D eigenvalue weighted by molar-refractivity contribution is 0.654. The maximum Gasteiger partial charge on any atom is 0.151 e. The zero-order chi connectivity index (χ0) is 12.7. The van der Waals surface area contributed by atoms with E-state index in [4.69, 9.17) is 0 Å². The second-order valence-electron chi connectivity index (χ2n) is 4.15. The number of aromatic nitrogens is 2. The highest BCUT2D eigenvalue weighted by Crippen LogP contribution is 2.14. The van der Waals surface area contributed by atoms with Crippen LogP contribution in [-0.2, 0) is 6.54 Å². The molecule has 96 valence electrons. The Morgan fingerprint density at radius 3 is 2.71 bits per heavy atom. The minimum atomic E-state index is 0.493. The average molecular weight is 254 g/mol. The maximum atomic E-state index is 4.26. The molecule has 0 aromatic carbocycles. The standard InChI is InChI=1S/C12H22N4S/c1-10(7-8-17-4)16(3)12-6-5-11(9-13-2)14-15-12/h5-6,10,13H,7-9H2,1-4H3. The predicted molar refractivity (Wildman–Crippen MR) is 75.7 cm³/mol. The quantitative estimate of drug-likeness (QED) is 0.803. The lowest BCUT2D eigenvalue weighted by Crippen LogP contribution is -2.30. The molecule has 0 fully saturated rings. The lowest BCUT2D eigenvalue weighted by Gasteiger charge is -2.25. The highest BCUT2D eigenvalue weighted by Gasteiger charge is 2.11. The molecule has 17 heavy (non-hydrogen) atoms. The first-order valence-corrected chi connectivity index (χ1v) is 7.27. The number of rotatable bonds is 7. The first-order chi connectivity index (χ1) is 8.19. The molecule has 0 spiro atoms. The van der Waals surface area contributed by atoms with Crippen molar-refractivity contribution in [3.05, 3.63) is 17.8 Å². The molecule has 1 aromatic heterocycles. The Kier molecular flexibility index (Phi) is 6.29. The molecule has 1 heterocycles. The van der Waals surface area contributed by atoms with Crippen LogP contribution in [0.25, 0.3) is 0 Å². The van der Waals surface area contributed by atoms with Crippen LogP contribution in [0.5, 0.6) is 0 Å². The van der Waals surface area contributed by atoms with Crippen molar-refractivity contribution in [3.8, 4) is 0 Å². The van der Waals surface area contributed by atoms with Gasteiger partial charge in [-0.05, 0) is 44.5 Å². The zero-order valence-electron chi connectivity index (χ0n) is 11.1. The summed E-state index contributed by atoms with van der Waals surface area (Å²) in [6.07, 6.45) is 3.30. The molecule has 1 aromatic rings. The molecule has 1 atom stereocenters. The topological polar surface area (TPSA) is 41.0 Å². The van der Waals surface area contributed by atoms with Crippen molar-refractivity contribution in [2.45, 2.75) is 25.9 Å². The van der Waals surface area contributed by atoms with Gasteiger partial charge >= 0.3 is 0 Å². The van der Waals surface area contributed by atoms with Crippen molar-refractivity contribution in [2.75, 3.05) is 31.0 Å². The van der Waals surface area contributed by atoms with E-state index in [9.17, 15) is 0 Å². The fraction of sp³-hybridized carbons (Fsp3) is 0.667. The molecule has 0 aliphatic rings. The first kappa shape index (κ1) is 14.3.